The number of amides is 1. The molecule has 1 aliphatic heterocycles. The Morgan fingerprint density at radius 2 is 1.05 bits per heavy atom. The predicted molar refractivity (Wildman–Crippen MR) is 259 cm³/mol. The van der Waals surface area contributed by atoms with Crippen molar-refractivity contribution in [3.8, 4) is 0 Å². The molecule has 0 aromatic carbocycles. The van der Waals surface area contributed by atoms with Crippen LogP contribution in [0.3, 0.4) is 0 Å². The predicted octanol–water partition coefficient (Wildman–Crippen LogP) is 11.1. The van der Waals surface area contributed by atoms with Gasteiger partial charge in [0.2, 0.25) is 5.91 Å². The van der Waals surface area contributed by atoms with E-state index >= 15 is 0 Å². The summed E-state index contributed by atoms with van der Waals surface area (Å²) in [5.41, 5.74) is 0. The summed E-state index contributed by atoms with van der Waals surface area (Å²) in [5, 5.41) is 44.7. The fourth-order valence-corrected chi connectivity index (χ4v) is 8.64. The highest BCUT2D eigenvalue weighted by atomic mass is 32.3. The Morgan fingerprint density at radius 1 is 0.625 bits per heavy atom. The van der Waals surface area contributed by atoms with Crippen LogP contribution in [0.4, 0.5) is 0 Å². The first-order valence-corrected chi connectivity index (χ1v) is 27.2. The number of nitrogens with one attached hydrogen (secondary N) is 1. The van der Waals surface area contributed by atoms with Crippen LogP contribution < -0.4 is 5.32 Å². The Morgan fingerprint density at radius 3 is 1.48 bits per heavy atom. The van der Waals surface area contributed by atoms with Crippen LogP contribution in [0, 0.1) is 0 Å². The van der Waals surface area contributed by atoms with Crippen LogP contribution in [0.1, 0.15) is 226 Å². The van der Waals surface area contributed by atoms with Crippen molar-refractivity contribution in [3.63, 3.8) is 0 Å². The summed E-state index contributed by atoms with van der Waals surface area (Å²) in [5.74, 6) is -0.266. The molecule has 1 saturated heterocycles. The number of aliphatic hydroxyl groups excluding tert-OH is 4. The molecule has 7 atom stereocenters. The third kappa shape index (κ3) is 33.7. The largest absolute Gasteiger partial charge is 0.397 e. The number of rotatable bonds is 44. The van der Waals surface area contributed by atoms with Gasteiger partial charge in [-0.3, -0.25) is 9.35 Å². The molecule has 1 amide bonds. The number of carbonyl (C=O) groups excluding carboxylic acids is 1. The Hall–Kier alpha value is -1.68. The molecule has 12 nitrogen and oxygen atoms in total. The molecule has 64 heavy (non-hydrogen) atoms. The quantitative estimate of drug-likeness (QED) is 0.0194. The zero-order valence-electron chi connectivity index (χ0n) is 40.3. The van der Waals surface area contributed by atoms with Gasteiger partial charge in [0, 0.05) is 6.42 Å². The van der Waals surface area contributed by atoms with Gasteiger partial charge in [0.1, 0.15) is 24.4 Å². The molecule has 0 aromatic heterocycles. The van der Waals surface area contributed by atoms with Gasteiger partial charge in [-0.25, -0.2) is 4.18 Å². The molecule has 7 unspecified atom stereocenters. The molecule has 0 spiro atoms. The first kappa shape index (κ1) is 60.3. The lowest BCUT2D eigenvalue weighted by Crippen LogP contribution is -2.61. The molecule has 1 fully saturated rings. The maximum absolute atomic E-state index is 13.0. The van der Waals surface area contributed by atoms with Crippen LogP contribution in [-0.2, 0) is 28.9 Å². The van der Waals surface area contributed by atoms with Crippen molar-refractivity contribution in [1.82, 2.24) is 5.32 Å². The van der Waals surface area contributed by atoms with Gasteiger partial charge in [0.15, 0.2) is 6.29 Å². The lowest BCUT2D eigenvalue weighted by atomic mass is 9.99. The van der Waals surface area contributed by atoms with Gasteiger partial charge < -0.3 is 35.2 Å². The van der Waals surface area contributed by atoms with Crippen molar-refractivity contribution in [2.24, 2.45) is 0 Å². The van der Waals surface area contributed by atoms with Crippen LogP contribution >= 0.6 is 0 Å². The minimum absolute atomic E-state index is 0.266. The van der Waals surface area contributed by atoms with Gasteiger partial charge in [-0.2, -0.15) is 8.42 Å². The molecule has 0 aromatic rings. The number of ether oxygens (including phenoxy) is 2. The highest BCUT2D eigenvalue weighted by Crippen LogP contribution is 2.26. The van der Waals surface area contributed by atoms with Crippen LogP contribution in [0.2, 0.25) is 0 Å². The standard InChI is InChI=1S/C51H95NO11S/c1-3-5-7-9-11-13-15-16-17-18-19-20-21-22-23-24-25-26-27-28-29-30-31-33-35-37-39-41-47(55)52-44(45(54)40-38-36-34-32-14-12-10-8-6-4-2)43-61-51-49(57)50(63-64(58,59)60)48(56)46(42-53)62-51/h19-20,22-23,38,40,44-46,48-51,53-54,56-57H,3-18,21,24-37,39,41-43H2,1-2H3,(H,52,55)(H,58,59,60)/b20-19-,23-22-,40-38+. The van der Waals surface area contributed by atoms with Gasteiger partial charge in [0.25, 0.3) is 0 Å². The second kappa shape index (κ2) is 41.5. The monoisotopic (exact) mass is 930 g/mol. The maximum atomic E-state index is 13.0. The number of hydrogen-bond acceptors (Lipinski definition) is 10. The van der Waals surface area contributed by atoms with Crippen LogP contribution in [0.25, 0.3) is 0 Å². The summed E-state index contributed by atoms with van der Waals surface area (Å²) < 4.78 is 47.6. The molecular weight excluding hydrogens is 835 g/mol. The minimum Gasteiger partial charge on any atom is -0.394 e. The number of hydrogen-bond donors (Lipinski definition) is 6. The highest BCUT2D eigenvalue weighted by Gasteiger charge is 2.48. The van der Waals surface area contributed by atoms with E-state index in [4.69, 9.17) is 9.47 Å². The number of aliphatic hydroxyl groups is 4. The van der Waals surface area contributed by atoms with Crippen LogP contribution in [0.15, 0.2) is 36.5 Å². The molecule has 1 heterocycles. The van der Waals surface area contributed by atoms with Crippen molar-refractivity contribution in [1.29, 1.82) is 0 Å². The van der Waals surface area contributed by atoms with E-state index in [1.807, 2.05) is 6.08 Å². The Kier molecular flexibility index (Phi) is 39.1. The first-order valence-electron chi connectivity index (χ1n) is 25.9. The molecule has 0 aliphatic carbocycles. The number of allylic oxidation sites excluding steroid dienone is 5. The fraction of sp³-hybridized carbons (Fsp3) is 0.863. The van der Waals surface area contributed by atoms with Gasteiger partial charge in [-0.05, 0) is 51.4 Å². The Bertz CT molecular complexity index is 1280. The Labute approximate surface area is 390 Å². The molecule has 0 bridgehead atoms. The van der Waals surface area contributed by atoms with Crippen LogP contribution in [-0.4, -0.2) is 95.4 Å². The summed E-state index contributed by atoms with van der Waals surface area (Å²) in [4.78, 5) is 13.0. The van der Waals surface area contributed by atoms with E-state index in [0.29, 0.717) is 6.42 Å². The Balaban J connectivity index is 2.32. The molecular formula is C51H95NO11S. The van der Waals surface area contributed by atoms with E-state index in [1.54, 1.807) is 6.08 Å². The highest BCUT2D eigenvalue weighted by molar-refractivity contribution is 7.80. The minimum atomic E-state index is -5.08. The molecule has 0 radical (unpaired) electrons. The molecule has 1 aliphatic rings. The van der Waals surface area contributed by atoms with E-state index in [1.165, 1.54) is 154 Å². The molecule has 6 N–H and O–H groups in total. The van der Waals surface area contributed by atoms with Gasteiger partial charge >= 0.3 is 10.4 Å². The van der Waals surface area contributed by atoms with Crippen LogP contribution in [0.5, 0.6) is 0 Å². The molecule has 13 heteroatoms. The number of unbranched alkanes of at least 4 members (excludes halogenated alkanes) is 28. The summed E-state index contributed by atoms with van der Waals surface area (Å²) in [6, 6.07) is -0.943. The lowest BCUT2D eigenvalue weighted by molar-refractivity contribution is -0.298. The van der Waals surface area contributed by atoms with E-state index in [9.17, 15) is 38.2 Å². The fourth-order valence-electron chi connectivity index (χ4n) is 8.13. The first-order chi connectivity index (χ1) is 31.0. The second-order valence-corrected chi connectivity index (χ2v) is 19.2. The average molecular weight is 930 g/mol. The summed E-state index contributed by atoms with van der Waals surface area (Å²) in [7, 11) is -5.08. The zero-order chi connectivity index (χ0) is 46.9. The van der Waals surface area contributed by atoms with Crippen molar-refractivity contribution < 1.29 is 51.8 Å². The normalized spacial score (nSPS) is 20.5. The third-order valence-corrected chi connectivity index (χ3v) is 12.6. The van der Waals surface area contributed by atoms with E-state index in [0.717, 1.165) is 44.9 Å². The zero-order valence-corrected chi connectivity index (χ0v) is 41.2. The lowest BCUT2D eigenvalue weighted by Gasteiger charge is -2.41. The topological polar surface area (TPSA) is 192 Å². The van der Waals surface area contributed by atoms with Gasteiger partial charge in [0.05, 0.1) is 25.4 Å². The smallest absolute Gasteiger partial charge is 0.394 e. The van der Waals surface area contributed by atoms with E-state index in [-0.39, 0.29) is 18.9 Å². The van der Waals surface area contributed by atoms with Crippen molar-refractivity contribution in [2.75, 3.05) is 13.2 Å². The van der Waals surface area contributed by atoms with Gasteiger partial charge in [-0.15, -0.1) is 0 Å². The number of carbonyl (C=O) groups is 1. The second-order valence-electron chi connectivity index (χ2n) is 18.1. The molecule has 0 saturated carbocycles. The SMILES string of the molecule is CCCCCCCCCC/C=C/C(O)C(COC1OC(CO)C(O)C(OS(=O)(=O)O)C1O)NC(=O)CCCCCCCCCCCCC/C=C\C/C=C\CCCCCCCCCCC. The van der Waals surface area contributed by atoms with Gasteiger partial charge in [-0.1, -0.05) is 204 Å². The van der Waals surface area contributed by atoms with E-state index in [2.05, 4.69) is 47.7 Å². The summed E-state index contributed by atoms with van der Waals surface area (Å²) >= 11 is 0. The van der Waals surface area contributed by atoms with E-state index < -0.39 is 59.9 Å². The summed E-state index contributed by atoms with van der Waals surface area (Å²) in [6.45, 7) is 3.36. The summed E-state index contributed by atoms with van der Waals surface area (Å²) in [6.07, 6.45) is 42.1. The van der Waals surface area contributed by atoms with Crippen molar-refractivity contribution in [3.05, 3.63) is 36.5 Å². The maximum Gasteiger partial charge on any atom is 0.397 e. The third-order valence-electron chi connectivity index (χ3n) is 12.2. The molecule has 376 valence electrons. The molecule has 1 rings (SSSR count). The van der Waals surface area contributed by atoms with Crippen molar-refractivity contribution >= 4 is 16.3 Å². The van der Waals surface area contributed by atoms with Crippen molar-refractivity contribution in [2.45, 2.75) is 269 Å². The average Bonchev–Trinajstić information content (AvgIpc) is 3.27.